The Morgan fingerprint density at radius 3 is 2.59 bits per heavy atom. The van der Waals surface area contributed by atoms with Gasteiger partial charge in [-0.25, -0.2) is 4.39 Å². The summed E-state index contributed by atoms with van der Waals surface area (Å²) in [6.45, 7) is 1.58. The van der Waals surface area contributed by atoms with Crippen LogP contribution in [0.1, 0.15) is 5.56 Å². The van der Waals surface area contributed by atoms with Crippen molar-refractivity contribution >= 4 is 5.69 Å². The summed E-state index contributed by atoms with van der Waals surface area (Å²) in [6.07, 6.45) is 1.25. The van der Waals surface area contributed by atoms with E-state index in [1.165, 1.54) is 25.4 Å². The van der Waals surface area contributed by atoms with Crippen LogP contribution in [0.15, 0.2) is 23.9 Å². The third-order valence-corrected chi connectivity index (χ3v) is 2.16. The van der Waals surface area contributed by atoms with Gasteiger partial charge >= 0.3 is 0 Å². The Bertz CT molecular complexity index is 522. The Hall–Kier alpha value is -2.53. The van der Waals surface area contributed by atoms with E-state index in [1.54, 1.807) is 19.1 Å². The van der Waals surface area contributed by atoms with Gasteiger partial charge in [0.2, 0.25) is 0 Å². The fourth-order valence-electron chi connectivity index (χ4n) is 1.28. The van der Waals surface area contributed by atoms with E-state index in [2.05, 4.69) is 5.32 Å². The summed E-state index contributed by atoms with van der Waals surface area (Å²) in [7, 11) is 1.42. The Morgan fingerprint density at radius 1 is 1.41 bits per heavy atom. The zero-order valence-electron chi connectivity index (χ0n) is 9.41. The SMILES string of the molecule is COc1c(NC=C(C#N)C#N)ccc(F)c1C. The normalized spacial score (nSPS) is 8.76. The third kappa shape index (κ3) is 2.73. The van der Waals surface area contributed by atoms with E-state index in [-0.39, 0.29) is 11.4 Å². The van der Waals surface area contributed by atoms with Crippen LogP contribution in [0.25, 0.3) is 0 Å². The highest BCUT2D eigenvalue weighted by Gasteiger charge is 2.09. The molecule has 0 bridgehead atoms. The van der Waals surface area contributed by atoms with Crippen LogP contribution in [0.3, 0.4) is 0 Å². The molecule has 17 heavy (non-hydrogen) atoms. The molecule has 0 fully saturated rings. The van der Waals surface area contributed by atoms with Crippen molar-refractivity contribution in [3.05, 3.63) is 35.3 Å². The van der Waals surface area contributed by atoms with E-state index >= 15 is 0 Å². The summed E-state index contributed by atoms with van der Waals surface area (Å²) in [6, 6.07) is 6.18. The van der Waals surface area contributed by atoms with Gasteiger partial charge in [-0.1, -0.05) is 0 Å². The molecule has 1 aromatic rings. The largest absolute Gasteiger partial charge is 0.494 e. The minimum atomic E-state index is -0.378. The number of nitrogens with one attached hydrogen (secondary N) is 1. The van der Waals surface area contributed by atoms with Gasteiger partial charge in [-0.2, -0.15) is 10.5 Å². The molecule has 86 valence electrons. The van der Waals surface area contributed by atoms with E-state index in [1.807, 2.05) is 0 Å². The van der Waals surface area contributed by atoms with Crippen molar-refractivity contribution in [3.63, 3.8) is 0 Å². The first-order chi connectivity index (χ1) is 8.13. The van der Waals surface area contributed by atoms with Crippen LogP contribution < -0.4 is 10.1 Å². The first kappa shape index (κ1) is 12.5. The van der Waals surface area contributed by atoms with Crippen LogP contribution in [0, 0.1) is 35.4 Å². The lowest BCUT2D eigenvalue weighted by molar-refractivity contribution is 0.409. The van der Waals surface area contributed by atoms with Crippen molar-refractivity contribution in [2.45, 2.75) is 6.92 Å². The zero-order chi connectivity index (χ0) is 12.8. The average Bonchev–Trinajstić information content (AvgIpc) is 2.35. The van der Waals surface area contributed by atoms with E-state index in [4.69, 9.17) is 15.3 Å². The van der Waals surface area contributed by atoms with Gasteiger partial charge in [0.15, 0.2) is 0 Å². The molecule has 0 saturated heterocycles. The highest BCUT2D eigenvalue weighted by Crippen LogP contribution is 2.30. The number of rotatable bonds is 3. The molecule has 0 heterocycles. The molecule has 0 aliphatic rings. The maximum absolute atomic E-state index is 13.2. The molecule has 0 spiro atoms. The Balaban J connectivity index is 3.10. The maximum Gasteiger partial charge on any atom is 0.148 e. The van der Waals surface area contributed by atoms with Gasteiger partial charge in [-0.3, -0.25) is 0 Å². The number of hydrogen-bond donors (Lipinski definition) is 1. The molecule has 0 amide bonds. The maximum atomic E-state index is 13.2. The van der Waals surface area contributed by atoms with Crippen LogP contribution >= 0.6 is 0 Å². The highest BCUT2D eigenvalue weighted by molar-refractivity contribution is 5.62. The standard InChI is InChI=1S/C12H10FN3O/c1-8-10(13)3-4-11(12(8)17-2)16-7-9(5-14)6-15/h3-4,7,16H,1-2H3. The number of allylic oxidation sites excluding steroid dienone is 1. The molecule has 1 N–H and O–H groups in total. The smallest absolute Gasteiger partial charge is 0.148 e. The molecule has 0 atom stereocenters. The molecule has 1 aromatic carbocycles. The number of anilines is 1. The van der Waals surface area contributed by atoms with Crippen molar-refractivity contribution in [2.75, 3.05) is 12.4 Å². The van der Waals surface area contributed by atoms with Gasteiger partial charge in [-0.05, 0) is 19.1 Å². The minimum Gasteiger partial charge on any atom is -0.494 e. The summed E-state index contributed by atoms with van der Waals surface area (Å²) >= 11 is 0. The summed E-state index contributed by atoms with van der Waals surface area (Å²) in [5, 5.41) is 19.8. The van der Waals surface area contributed by atoms with Crippen molar-refractivity contribution in [3.8, 4) is 17.9 Å². The lowest BCUT2D eigenvalue weighted by Gasteiger charge is -2.11. The Labute approximate surface area is 98.5 Å². The summed E-state index contributed by atoms with van der Waals surface area (Å²) < 4.78 is 18.3. The van der Waals surface area contributed by atoms with Crippen molar-refractivity contribution in [1.82, 2.24) is 0 Å². The fourth-order valence-corrected chi connectivity index (χ4v) is 1.28. The third-order valence-electron chi connectivity index (χ3n) is 2.16. The predicted molar refractivity (Wildman–Crippen MR) is 60.6 cm³/mol. The number of halogens is 1. The number of methoxy groups -OCH3 is 1. The molecular weight excluding hydrogens is 221 g/mol. The fraction of sp³-hybridized carbons (Fsp3) is 0.167. The molecule has 0 aliphatic carbocycles. The molecule has 0 aromatic heterocycles. The van der Waals surface area contributed by atoms with Crippen LogP contribution in [0.5, 0.6) is 5.75 Å². The van der Waals surface area contributed by atoms with Crippen molar-refractivity contribution < 1.29 is 9.13 Å². The quantitative estimate of drug-likeness (QED) is 0.811. The van der Waals surface area contributed by atoms with Crippen LogP contribution in [0.4, 0.5) is 10.1 Å². The molecule has 0 aliphatic heterocycles. The number of hydrogen-bond acceptors (Lipinski definition) is 4. The second-order valence-corrected chi connectivity index (χ2v) is 3.18. The van der Waals surface area contributed by atoms with Crippen LogP contribution in [-0.2, 0) is 0 Å². The molecule has 0 radical (unpaired) electrons. The Morgan fingerprint density at radius 2 is 2.06 bits per heavy atom. The molecular formula is C12H10FN3O. The van der Waals surface area contributed by atoms with Gasteiger partial charge in [0.1, 0.15) is 29.3 Å². The van der Waals surface area contributed by atoms with E-state index < -0.39 is 0 Å². The van der Waals surface area contributed by atoms with Crippen LogP contribution in [-0.4, -0.2) is 7.11 Å². The molecule has 4 nitrogen and oxygen atoms in total. The number of nitrogens with zero attached hydrogens (tertiary/aromatic N) is 2. The molecule has 0 unspecified atom stereocenters. The summed E-state index contributed by atoms with van der Waals surface area (Å²) in [5.74, 6) is -0.0337. The van der Waals surface area contributed by atoms with E-state index in [0.29, 0.717) is 17.0 Å². The average molecular weight is 231 g/mol. The van der Waals surface area contributed by atoms with E-state index in [0.717, 1.165) is 0 Å². The predicted octanol–water partition coefficient (Wildman–Crippen LogP) is 2.49. The minimum absolute atomic E-state index is 0.0750. The highest BCUT2D eigenvalue weighted by atomic mass is 19.1. The molecule has 0 saturated carbocycles. The number of ether oxygens (including phenoxy) is 1. The molecule has 1 rings (SSSR count). The Kier molecular flexibility index (Phi) is 4.08. The van der Waals surface area contributed by atoms with E-state index in [9.17, 15) is 4.39 Å². The van der Waals surface area contributed by atoms with Gasteiger partial charge in [-0.15, -0.1) is 0 Å². The van der Waals surface area contributed by atoms with Crippen molar-refractivity contribution in [2.24, 2.45) is 0 Å². The molecule has 5 heteroatoms. The first-order valence-electron chi connectivity index (χ1n) is 4.74. The number of nitriles is 2. The zero-order valence-corrected chi connectivity index (χ0v) is 9.41. The monoisotopic (exact) mass is 231 g/mol. The number of benzene rings is 1. The lowest BCUT2D eigenvalue weighted by Crippen LogP contribution is -1.98. The van der Waals surface area contributed by atoms with Crippen molar-refractivity contribution in [1.29, 1.82) is 10.5 Å². The summed E-state index contributed by atoms with van der Waals surface area (Å²) in [5.41, 5.74) is 0.782. The van der Waals surface area contributed by atoms with Crippen LogP contribution in [0.2, 0.25) is 0 Å². The summed E-state index contributed by atoms with van der Waals surface area (Å²) in [4.78, 5) is 0. The van der Waals surface area contributed by atoms with Gasteiger partial charge < -0.3 is 10.1 Å². The second-order valence-electron chi connectivity index (χ2n) is 3.18. The second kappa shape index (κ2) is 5.53. The van der Waals surface area contributed by atoms with Gasteiger partial charge in [0.25, 0.3) is 0 Å². The lowest BCUT2D eigenvalue weighted by atomic mass is 10.2. The topological polar surface area (TPSA) is 68.8 Å². The first-order valence-corrected chi connectivity index (χ1v) is 4.74. The van der Waals surface area contributed by atoms with Gasteiger partial charge in [0, 0.05) is 11.8 Å². The van der Waals surface area contributed by atoms with Gasteiger partial charge in [0.05, 0.1) is 12.8 Å².